The first-order valence-corrected chi connectivity index (χ1v) is 10.6. The summed E-state index contributed by atoms with van der Waals surface area (Å²) in [4.78, 5) is 8.95. The predicted molar refractivity (Wildman–Crippen MR) is 123 cm³/mol. The molecule has 2 aromatic carbocycles. The molecule has 1 aliphatic heterocycles. The van der Waals surface area contributed by atoms with Crippen LogP contribution < -0.4 is 15.4 Å². The fraction of sp³-hybridized carbons (Fsp3) is 0.217. The molecule has 1 aliphatic rings. The Labute approximate surface area is 189 Å². The minimum Gasteiger partial charge on any atom is -0.489 e. The largest absolute Gasteiger partial charge is 0.489 e. The molecule has 0 aliphatic carbocycles. The Hall–Kier alpha value is -3.67. The van der Waals surface area contributed by atoms with Gasteiger partial charge in [0.05, 0.1) is 28.4 Å². The zero-order valence-electron chi connectivity index (χ0n) is 17.3. The summed E-state index contributed by atoms with van der Waals surface area (Å²) >= 11 is 6.34. The van der Waals surface area contributed by atoms with Gasteiger partial charge in [0.1, 0.15) is 11.9 Å². The smallest absolute Gasteiger partial charge is 0.227 e. The van der Waals surface area contributed by atoms with Crippen LogP contribution in [-0.4, -0.2) is 38.9 Å². The average molecular weight is 446 g/mol. The maximum absolute atomic E-state index is 9.14. The fourth-order valence-electron chi connectivity index (χ4n) is 3.75. The van der Waals surface area contributed by atoms with Crippen molar-refractivity contribution < 1.29 is 4.74 Å². The molecule has 32 heavy (non-hydrogen) atoms. The van der Waals surface area contributed by atoms with E-state index >= 15 is 0 Å². The number of aryl methyl sites for hydroxylation is 1. The number of halogens is 1. The molecule has 0 radical (unpaired) electrons. The van der Waals surface area contributed by atoms with Crippen LogP contribution in [0.1, 0.15) is 12.0 Å². The van der Waals surface area contributed by atoms with Gasteiger partial charge >= 0.3 is 0 Å². The van der Waals surface area contributed by atoms with Crippen molar-refractivity contribution in [3.05, 3.63) is 59.5 Å². The quantitative estimate of drug-likeness (QED) is 0.478. The SMILES string of the molecule is Cn1cc(-c2cc(Nc3ncc4cc(C#N)cc(Cl)c4n3)cc(OC3CCNC3)c2)cn1. The number of ether oxygens (including phenoxy) is 1. The molecule has 2 N–H and O–H groups in total. The van der Waals surface area contributed by atoms with Gasteiger partial charge in [0, 0.05) is 48.7 Å². The molecule has 0 spiro atoms. The van der Waals surface area contributed by atoms with Gasteiger partial charge < -0.3 is 15.4 Å². The molecule has 1 saturated heterocycles. The van der Waals surface area contributed by atoms with Crippen LogP contribution in [0.3, 0.4) is 0 Å². The molecular weight excluding hydrogens is 426 g/mol. The van der Waals surface area contributed by atoms with Crippen molar-refractivity contribution >= 4 is 34.1 Å². The highest BCUT2D eigenvalue weighted by Gasteiger charge is 2.17. The molecule has 1 unspecified atom stereocenters. The highest BCUT2D eigenvalue weighted by molar-refractivity contribution is 6.35. The number of anilines is 2. The van der Waals surface area contributed by atoms with E-state index in [1.54, 1.807) is 23.0 Å². The molecule has 9 heteroatoms. The average Bonchev–Trinajstić information content (AvgIpc) is 3.45. The van der Waals surface area contributed by atoms with Gasteiger partial charge in [0.25, 0.3) is 0 Å². The van der Waals surface area contributed by atoms with Crippen molar-refractivity contribution in [2.24, 2.45) is 7.05 Å². The van der Waals surface area contributed by atoms with Gasteiger partial charge in [-0.25, -0.2) is 9.97 Å². The van der Waals surface area contributed by atoms with Gasteiger partial charge in [-0.3, -0.25) is 4.68 Å². The Kier molecular flexibility index (Phi) is 5.35. The second-order valence-electron chi connectivity index (χ2n) is 7.71. The molecule has 0 amide bonds. The number of hydrogen-bond donors (Lipinski definition) is 2. The third-order valence-electron chi connectivity index (χ3n) is 5.28. The molecule has 1 atom stereocenters. The van der Waals surface area contributed by atoms with Crippen LogP contribution >= 0.6 is 11.6 Å². The van der Waals surface area contributed by atoms with Gasteiger partial charge in [0.15, 0.2) is 0 Å². The topological polar surface area (TPSA) is 101 Å². The lowest BCUT2D eigenvalue weighted by Gasteiger charge is -2.15. The zero-order valence-corrected chi connectivity index (χ0v) is 18.1. The minimum atomic E-state index is 0.136. The third kappa shape index (κ3) is 4.21. The van der Waals surface area contributed by atoms with E-state index < -0.39 is 0 Å². The summed E-state index contributed by atoms with van der Waals surface area (Å²) in [6.07, 6.45) is 6.54. The number of nitrogens with zero attached hydrogens (tertiary/aromatic N) is 5. The van der Waals surface area contributed by atoms with Crippen molar-refractivity contribution in [3.8, 4) is 22.9 Å². The Bertz CT molecular complexity index is 1340. The van der Waals surface area contributed by atoms with Crippen LogP contribution in [0.25, 0.3) is 22.0 Å². The van der Waals surface area contributed by atoms with Crippen LogP contribution in [0.2, 0.25) is 5.02 Å². The van der Waals surface area contributed by atoms with E-state index in [1.165, 1.54) is 0 Å². The summed E-state index contributed by atoms with van der Waals surface area (Å²) in [6, 6.07) is 11.4. The van der Waals surface area contributed by atoms with Crippen molar-refractivity contribution in [1.29, 1.82) is 5.26 Å². The molecule has 0 saturated carbocycles. The second-order valence-corrected chi connectivity index (χ2v) is 8.11. The summed E-state index contributed by atoms with van der Waals surface area (Å²) in [7, 11) is 1.89. The number of nitriles is 1. The Morgan fingerprint density at radius 2 is 2.12 bits per heavy atom. The number of benzene rings is 2. The van der Waals surface area contributed by atoms with E-state index in [0.29, 0.717) is 27.4 Å². The zero-order chi connectivity index (χ0) is 22.1. The van der Waals surface area contributed by atoms with E-state index in [0.717, 1.165) is 42.1 Å². The van der Waals surface area contributed by atoms with Crippen molar-refractivity contribution in [2.75, 3.05) is 18.4 Å². The van der Waals surface area contributed by atoms with E-state index in [9.17, 15) is 0 Å². The summed E-state index contributed by atoms with van der Waals surface area (Å²) in [6.45, 7) is 1.79. The first-order chi connectivity index (χ1) is 15.6. The summed E-state index contributed by atoms with van der Waals surface area (Å²) < 4.78 is 7.98. The number of aromatic nitrogens is 4. The predicted octanol–water partition coefficient (Wildman–Crippen LogP) is 4.04. The highest BCUT2D eigenvalue weighted by atomic mass is 35.5. The maximum atomic E-state index is 9.14. The number of nitrogens with one attached hydrogen (secondary N) is 2. The van der Waals surface area contributed by atoms with Gasteiger partial charge in [-0.2, -0.15) is 10.4 Å². The molecule has 0 bridgehead atoms. The first kappa shape index (κ1) is 20.2. The van der Waals surface area contributed by atoms with Crippen molar-refractivity contribution in [1.82, 2.24) is 25.1 Å². The minimum absolute atomic E-state index is 0.136. The monoisotopic (exact) mass is 445 g/mol. The lowest BCUT2D eigenvalue weighted by Crippen LogP contribution is -2.19. The Morgan fingerprint density at radius 3 is 2.88 bits per heavy atom. The summed E-state index contributed by atoms with van der Waals surface area (Å²) in [5.41, 5.74) is 3.80. The molecule has 160 valence electrons. The van der Waals surface area contributed by atoms with Gasteiger partial charge in [-0.1, -0.05) is 11.6 Å². The van der Waals surface area contributed by atoms with E-state index in [4.69, 9.17) is 21.6 Å². The third-order valence-corrected chi connectivity index (χ3v) is 5.57. The molecule has 8 nitrogen and oxygen atoms in total. The van der Waals surface area contributed by atoms with Crippen molar-refractivity contribution in [2.45, 2.75) is 12.5 Å². The van der Waals surface area contributed by atoms with E-state index in [-0.39, 0.29) is 6.10 Å². The molecule has 5 rings (SSSR count). The normalized spacial score (nSPS) is 15.6. The van der Waals surface area contributed by atoms with E-state index in [1.807, 2.05) is 37.6 Å². The van der Waals surface area contributed by atoms with Crippen LogP contribution in [0.4, 0.5) is 11.6 Å². The Balaban J connectivity index is 1.50. The van der Waals surface area contributed by atoms with Crippen LogP contribution in [0.5, 0.6) is 5.75 Å². The Morgan fingerprint density at radius 1 is 1.22 bits per heavy atom. The van der Waals surface area contributed by atoms with Gasteiger partial charge in [-0.15, -0.1) is 0 Å². The van der Waals surface area contributed by atoms with Gasteiger partial charge in [-0.05, 0) is 42.8 Å². The molecule has 4 aromatic rings. The van der Waals surface area contributed by atoms with E-state index in [2.05, 4.69) is 31.8 Å². The molecule has 2 aromatic heterocycles. The summed E-state index contributed by atoms with van der Waals surface area (Å²) in [5.74, 6) is 1.17. The standard InChI is InChI=1S/C23H20ClN7O/c1-31-13-17(11-28-31)15-6-18(8-20(7-15)32-19-2-3-26-12-19)29-23-27-10-16-4-14(9-25)5-21(24)22(16)30-23/h4-8,10-11,13,19,26H,2-3,12H2,1H3,(H,27,29,30). The highest BCUT2D eigenvalue weighted by Crippen LogP contribution is 2.31. The molecule has 3 heterocycles. The first-order valence-electron chi connectivity index (χ1n) is 10.2. The molecular formula is C23H20ClN7O. The lowest BCUT2D eigenvalue weighted by atomic mass is 10.1. The summed E-state index contributed by atoms with van der Waals surface area (Å²) in [5, 5.41) is 21.1. The van der Waals surface area contributed by atoms with Crippen molar-refractivity contribution in [3.63, 3.8) is 0 Å². The van der Waals surface area contributed by atoms with Gasteiger partial charge in [0.2, 0.25) is 5.95 Å². The number of hydrogen-bond acceptors (Lipinski definition) is 7. The lowest BCUT2D eigenvalue weighted by molar-refractivity contribution is 0.223. The second kappa shape index (κ2) is 8.46. The maximum Gasteiger partial charge on any atom is 0.227 e. The van der Waals surface area contributed by atoms with Crippen LogP contribution in [-0.2, 0) is 7.05 Å². The number of rotatable bonds is 5. The fourth-order valence-corrected chi connectivity index (χ4v) is 4.02. The van der Waals surface area contributed by atoms with Crippen LogP contribution in [0.15, 0.2) is 48.9 Å². The number of fused-ring (bicyclic) bond motifs is 1. The van der Waals surface area contributed by atoms with Crippen LogP contribution in [0, 0.1) is 11.3 Å². The molecule has 1 fully saturated rings.